The number of carboxylic acid groups (broad SMARTS) is 1. The van der Waals surface area contributed by atoms with Gasteiger partial charge in [-0.2, -0.15) is 0 Å². The van der Waals surface area contributed by atoms with Crippen molar-refractivity contribution in [2.24, 2.45) is 0 Å². The first-order chi connectivity index (χ1) is 12.6. The number of nitrogens with zero attached hydrogens (tertiary/aromatic N) is 1. The van der Waals surface area contributed by atoms with Crippen LogP contribution in [0.2, 0.25) is 0 Å². The summed E-state index contributed by atoms with van der Waals surface area (Å²) in [7, 11) is 0. The number of carbonyl (C=O) groups is 1. The maximum Gasteiger partial charge on any atom is 0.408 e. The summed E-state index contributed by atoms with van der Waals surface area (Å²) in [6.45, 7) is 21.2. The summed E-state index contributed by atoms with van der Waals surface area (Å²) in [5.41, 5.74) is 1.07. The number of allylic oxidation sites excluding steroid dienone is 1. The van der Waals surface area contributed by atoms with Crippen LogP contribution in [0, 0.1) is 0 Å². The SMILES string of the molecule is C=C(C)c1cccc(C(C)(C)N(C(=O)O)C(C)CC(C)(C)OOC(C)(C)C)c1. The smallest absolute Gasteiger partial charge is 0.408 e. The summed E-state index contributed by atoms with van der Waals surface area (Å²) in [5.74, 6) is 0. The molecule has 0 aromatic heterocycles. The molecule has 0 fully saturated rings. The highest BCUT2D eigenvalue weighted by molar-refractivity contribution is 5.68. The Morgan fingerprint density at radius 1 is 1.14 bits per heavy atom. The van der Waals surface area contributed by atoms with Gasteiger partial charge in [-0.25, -0.2) is 14.6 Å². The zero-order chi connectivity index (χ0) is 21.9. The van der Waals surface area contributed by atoms with Crippen LogP contribution in [0.3, 0.4) is 0 Å². The van der Waals surface area contributed by atoms with Crippen LogP contribution in [0.1, 0.15) is 79.9 Å². The van der Waals surface area contributed by atoms with Crippen LogP contribution in [0.15, 0.2) is 30.8 Å². The van der Waals surface area contributed by atoms with E-state index >= 15 is 0 Å². The van der Waals surface area contributed by atoms with E-state index in [-0.39, 0.29) is 6.04 Å². The standard InChI is InChI=1S/C23H37NO4/c1-16(2)18-12-11-13-19(14-18)23(9,10)24(20(25)26)17(3)15-22(7,8)28-27-21(4,5)6/h11-14,17H,1,15H2,2-10H3,(H,25,26). The zero-order valence-corrected chi connectivity index (χ0v) is 18.9. The fourth-order valence-electron chi connectivity index (χ4n) is 3.36. The van der Waals surface area contributed by atoms with Gasteiger partial charge in [0, 0.05) is 6.04 Å². The van der Waals surface area contributed by atoms with E-state index < -0.39 is 22.8 Å². The van der Waals surface area contributed by atoms with E-state index in [0.29, 0.717) is 6.42 Å². The normalized spacial score (nSPS) is 13.9. The van der Waals surface area contributed by atoms with Gasteiger partial charge in [-0.3, -0.25) is 4.90 Å². The van der Waals surface area contributed by atoms with Gasteiger partial charge in [0.15, 0.2) is 0 Å². The predicted molar refractivity (Wildman–Crippen MR) is 114 cm³/mol. The minimum Gasteiger partial charge on any atom is -0.465 e. The van der Waals surface area contributed by atoms with Crippen LogP contribution in [-0.2, 0) is 15.3 Å². The van der Waals surface area contributed by atoms with Crippen molar-refractivity contribution >= 4 is 11.7 Å². The van der Waals surface area contributed by atoms with Crippen LogP contribution in [0.25, 0.3) is 5.57 Å². The van der Waals surface area contributed by atoms with Gasteiger partial charge in [0.25, 0.3) is 0 Å². The summed E-state index contributed by atoms with van der Waals surface area (Å²) in [5, 5.41) is 10.0. The molecule has 0 saturated heterocycles. The number of rotatable bonds is 8. The van der Waals surface area contributed by atoms with Gasteiger partial charge < -0.3 is 5.11 Å². The summed E-state index contributed by atoms with van der Waals surface area (Å²) >= 11 is 0. The minimum absolute atomic E-state index is 0.292. The Kier molecular flexibility index (Phi) is 7.48. The Labute approximate surface area is 170 Å². The van der Waals surface area contributed by atoms with Crippen molar-refractivity contribution in [3.63, 3.8) is 0 Å². The molecule has 0 saturated carbocycles. The van der Waals surface area contributed by atoms with Crippen LogP contribution in [-0.4, -0.2) is 33.3 Å². The first kappa shape index (κ1) is 24.2. The van der Waals surface area contributed by atoms with E-state index in [4.69, 9.17) is 9.78 Å². The van der Waals surface area contributed by atoms with Gasteiger partial charge in [0.1, 0.15) is 0 Å². The van der Waals surface area contributed by atoms with Crippen LogP contribution < -0.4 is 0 Å². The quantitative estimate of drug-likeness (QED) is 0.421. The second kappa shape index (κ2) is 8.66. The lowest BCUT2D eigenvalue weighted by Gasteiger charge is -2.43. The molecule has 5 nitrogen and oxygen atoms in total. The summed E-state index contributed by atoms with van der Waals surface area (Å²) in [4.78, 5) is 24.8. The molecule has 158 valence electrons. The van der Waals surface area contributed by atoms with Gasteiger partial charge >= 0.3 is 6.09 Å². The minimum atomic E-state index is -0.967. The van der Waals surface area contributed by atoms with E-state index in [0.717, 1.165) is 16.7 Å². The largest absolute Gasteiger partial charge is 0.465 e. The Balaban J connectivity index is 3.12. The molecule has 1 rings (SSSR count). The number of hydrogen-bond acceptors (Lipinski definition) is 3. The molecule has 0 spiro atoms. The molecule has 1 N–H and O–H groups in total. The van der Waals surface area contributed by atoms with E-state index in [2.05, 4.69) is 6.58 Å². The maximum absolute atomic E-state index is 12.2. The van der Waals surface area contributed by atoms with Crippen LogP contribution in [0.4, 0.5) is 4.79 Å². The third-order valence-electron chi connectivity index (χ3n) is 4.62. The van der Waals surface area contributed by atoms with Gasteiger partial charge in [0.05, 0.1) is 16.7 Å². The molecule has 1 unspecified atom stereocenters. The topological polar surface area (TPSA) is 59.0 Å². The van der Waals surface area contributed by atoms with E-state index in [1.54, 1.807) is 0 Å². The lowest BCUT2D eigenvalue weighted by molar-refractivity contribution is -0.399. The van der Waals surface area contributed by atoms with Gasteiger partial charge in [-0.05, 0) is 85.9 Å². The molecule has 28 heavy (non-hydrogen) atoms. The molecule has 0 aliphatic rings. The molecular weight excluding hydrogens is 354 g/mol. The molecule has 0 aliphatic heterocycles. The van der Waals surface area contributed by atoms with Crippen LogP contribution >= 0.6 is 0 Å². The van der Waals surface area contributed by atoms with Crippen molar-refractivity contribution in [2.75, 3.05) is 0 Å². The highest BCUT2D eigenvalue weighted by Gasteiger charge is 2.39. The monoisotopic (exact) mass is 391 g/mol. The average molecular weight is 392 g/mol. The molecule has 1 atom stereocenters. The first-order valence-electron chi connectivity index (χ1n) is 9.72. The molecule has 5 heteroatoms. The fraction of sp³-hybridized carbons (Fsp3) is 0.609. The Morgan fingerprint density at radius 2 is 1.71 bits per heavy atom. The van der Waals surface area contributed by atoms with Crippen molar-refractivity contribution in [1.29, 1.82) is 0 Å². The predicted octanol–water partition coefficient (Wildman–Crippen LogP) is 6.24. The number of benzene rings is 1. The lowest BCUT2D eigenvalue weighted by atomic mass is 9.87. The van der Waals surface area contributed by atoms with Crippen molar-refractivity contribution in [2.45, 2.75) is 91.5 Å². The second-order valence-electron chi connectivity index (χ2n) is 9.66. The molecule has 0 bridgehead atoms. The molecular formula is C23H37NO4. The Hall–Kier alpha value is -1.85. The second-order valence-corrected chi connectivity index (χ2v) is 9.66. The molecule has 1 aromatic rings. The zero-order valence-electron chi connectivity index (χ0n) is 18.9. The van der Waals surface area contributed by atoms with Gasteiger partial charge in [0.2, 0.25) is 0 Å². The summed E-state index contributed by atoms with van der Waals surface area (Å²) in [6, 6.07) is 7.60. The third kappa shape index (κ3) is 6.64. The van der Waals surface area contributed by atoms with E-state index in [9.17, 15) is 9.90 Å². The van der Waals surface area contributed by atoms with Crippen molar-refractivity contribution < 1.29 is 19.7 Å². The molecule has 1 aromatic carbocycles. The van der Waals surface area contributed by atoms with E-state index in [1.165, 1.54) is 4.90 Å². The fourth-order valence-corrected chi connectivity index (χ4v) is 3.36. The van der Waals surface area contributed by atoms with E-state index in [1.807, 2.05) is 86.6 Å². The van der Waals surface area contributed by atoms with Crippen molar-refractivity contribution in [3.05, 3.63) is 42.0 Å². The average Bonchev–Trinajstić information content (AvgIpc) is 2.51. The molecule has 1 amide bonds. The molecule has 0 radical (unpaired) electrons. The number of hydrogen-bond donors (Lipinski definition) is 1. The van der Waals surface area contributed by atoms with Gasteiger partial charge in [-0.1, -0.05) is 30.4 Å². The Morgan fingerprint density at radius 3 is 2.18 bits per heavy atom. The van der Waals surface area contributed by atoms with Crippen molar-refractivity contribution in [3.8, 4) is 0 Å². The number of amides is 1. The highest BCUT2D eigenvalue weighted by atomic mass is 17.2. The lowest BCUT2D eigenvalue weighted by Crippen LogP contribution is -2.52. The maximum atomic E-state index is 12.2. The first-order valence-corrected chi connectivity index (χ1v) is 9.72. The molecule has 0 heterocycles. The third-order valence-corrected chi connectivity index (χ3v) is 4.62. The van der Waals surface area contributed by atoms with Crippen LogP contribution in [0.5, 0.6) is 0 Å². The highest BCUT2D eigenvalue weighted by Crippen LogP contribution is 2.34. The Bertz CT molecular complexity index is 701. The molecule has 0 aliphatic carbocycles. The summed E-state index contributed by atoms with van der Waals surface area (Å²) < 4.78 is 0. The van der Waals surface area contributed by atoms with Crippen molar-refractivity contribution in [1.82, 2.24) is 4.90 Å². The van der Waals surface area contributed by atoms with Gasteiger partial charge in [-0.15, -0.1) is 0 Å². The summed E-state index contributed by atoms with van der Waals surface area (Å²) in [6.07, 6.45) is -0.482.